The standard InChI is InChI=1S/C11H8F3N2O/c1-17-8-4-2-7(3-5-8)9-6-15-16-10(9)11(12,13)14/h2-5H,1H3,(H,15,16). The Morgan fingerprint density at radius 2 is 1.88 bits per heavy atom. The summed E-state index contributed by atoms with van der Waals surface area (Å²) in [5, 5.41) is 5.22. The fourth-order valence-electron chi connectivity index (χ4n) is 1.42. The van der Waals surface area contributed by atoms with E-state index in [2.05, 4.69) is 11.3 Å². The molecule has 0 aliphatic carbocycles. The minimum Gasteiger partial charge on any atom is -0.497 e. The minimum absolute atomic E-state index is 0.0971. The molecule has 6 heteroatoms. The van der Waals surface area contributed by atoms with Crippen molar-refractivity contribution in [2.75, 3.05) is 7.11 Å². The third-order valence-electron chi connectivity index (χ3n) is 2.25. The number of methoxy groups -OCH3 is 1. The summed E-state index contributed by atoms with van der Waals surface area (Å²) in [6, 6.07) is 6.21. The first-order valence-corrected chi connectivity index (χ1v) is 4.70. The number of hydrogen-bond acceptors (Lipinski definition) is 2. The van der Waals surface area contributed by atoms with Crippen LogP contribution >= 0.6 is 0 Å². The van der Waals surface area contributed by atoms with Crippen molar-refractivity contribution < 1.29 is 17.9 Å². The number of H-pyrrole nitrogens is 1. The van der Waals surface area contributed by atoms with Crippen molar-refractivity contribution >= 4 is 0 Å². The van der Waals surface area contributed by atoms with Crippen LogP contribution in [0.3, 0.4) is 0 Å². The summed E-state index contributed by atoms with van der Waals surface area (Å²) >= 11 is 0. The third-order valence-corrected chi connectivity index (χ3v) is 2.25. The number of alkyl halides is 3. The summed E-state index contributed by atoms with van der Waals surface area (Å²) in [6.07, 6.45) is -2.17. The Labute approximate surface area is 95.2 Å². The minimum atomic E-state index is -4.47. The Kier molecular flexibility index (Phi) is 2.79. The highest BCUT2D eigenvalue weighted by atomic mass is 19.4. The molecule has 0 atom stereocenters. The van der Waals surface area contributed by atoms with E-state index in [1.165, 1.54) is 19.2 Å². The van der Waals surface area contributed by atoms with Crippen molar-refractivity contribution in [1.82, 2.24) is 10.2 Å². The zero-order valence-electron chi connectivity index (χ0n) is 8.80. The second-order valence-corrected chi connectivity index (χ2v) is 3.31. The quantitative estimate of drug-likeness (QED) is 0.877. The number of benzene rings is 1. The molecule has 0 aliphatic rings. The third kappa shape index (κ3) is 2.25. The SMILES string of the molecule is COc1ccc(-c2[c]n[nH]c2C(F)(F)F)cc1. The maximum absolute atomic E-state index is 12.6. The summed E-state index contributed by atoms with van der Waals surface area (Å²) in [6.45, 7) is 0. The van der Waals surface area contributed by atoms with E-state index in [-0.39, 0.29) is 5.56 Å². The molecule has 0 unspecified atom stereocenters. The molecule has 1 aromatic heterocycles. The molecule has 0 aliphatic heterocycles. The van der Waals surface area contributed by atoms with Gasteiger partial charge in [-0.3, -0.25) is 5.10 Å². The van der Waals surface area contributed by atoms with Crippen LogP contribution in [0.1, 0.15) is 5.69 Å². The van der Waals surface area contributed by atoms with E-state index in [9.17, 15) is 13.2 Å². The Hall–Kier alpha value is -1.98. The van der Waals surface area contributed by atoms with Gasteiger partial charge >= 0.3 is 6.18 Å². The van der Waals surface area contributed by atoms with Gasteiger partial charge in [0.1, 0.15) is 17.6 Å². The molecule has 0 spiro atoms. The highest BCUT2D eigenvalue weighted by Crippen LogP contribution is 2.35. The number of nitrogens with zero attached hydrogens (tertiary/aromatic N) is 1. The first-order chi connectivity index (χ1) is 8.02. The van der Waals surface area contributed by atoms with Crippen LogP contribution in [0.2, 0.25) is 0 Å². The van der Waals surface area contributed by atoms with Crippen molar-refractivity contribution in [3.8, 4) is 16.9 Å². The zero-order valence-corrected chi connectivity index (χ0v) is 8.80. The van der Waals surface area contributed by atoms with Crippen molar-refractivity contribution in [3.63, 3.8) is 0 Å². The molecular formula is C11H8F3N2O. The molecule has 1 radical (unpaired) electrons. The summed E-state index contributed by atoms with van der Waals surface area (Å²) in [7, 11) is 1.49. The molecule has 0 amide bonds. The average molecular weight is 241 g/mol. The van der Waals surface area contributed by atoms with Gasteiger partial charge in [-0.25, -0.2) is 0 Å². The maximum atomic E-state index is 12.6. The van der Waals surface area contributed by atoms with Gasteiger partial charge in [0.2, 0.25) is 0 Å². The Balaban J connectivity index is 2.43. The van der Waals surface area contributed by atoms with E-state index in [1.54, 1.807) is 12.1 Å². The Bertz CT molecular complexity index is 502. The van der Waals surface area contributed by atoms with Gasteiger partial charge in [-0.05, 0) is 17.7 Å². The number of halogens is 3. The fraction of sp³-hybridized carbons (Fsp3) is 0.182. The van der Waals surface area contributed by atoms with Gasteiger partial charge in [0.05, 0.1) is 7.11 Å². The van der Waals surface area contributed by atoms with Gasteiger partial charge in [-0.2, -0.15) is 18.3 Å². The monoisotopic (exact) mass is 241 g/mol. The largest absolute Gasteiger partial charge is 0.497 e. The maximum Gasteiger partial charge on any atom is 0.433 e. The van der Waals surface area contributed by atoms with Gasteiger partial charge < -0.3 is 4.74 Å². The van der Waals surface area contributed by atoms with E-state index in [0.717, 1.165) is 0 Å². The predicted molar refractivity (Wildman–Crippen MR) is 54.4 cm³/mol. The molecule has 0 saturated heterocycles. The molecule has 1 N–H and O–H groups in total. The Morgan fingerprint density at radius 3 is 2.41 bits per heavy atom. The number of ether oxygens (including phenoxy) is 1. The highest BCUT2D eigenvalue weighted by molar-refractivity contribution is 5.65. The summed E-state index contributed by atoms with van der Waals surface area (Å²) in [5.41, 5.74) is -0.616. The zero-order chi connectivity index (χ0) is 12.5. The molecular weight excluding hydrogens is 233 g/mol. The number of aromatic amines is 1. The molecule has 3 nitrogen and oxygen atoms in total. The number of rotatable bonds is 2. The van der Waals surface area contributed by atoms with Crippen LogP contribution in [0.15, 0.2) is 24.3 Å². The van der Waals surface area contributed by atoms with Crippen molar-refractivity contribution in [2.45, 2.75) is 6.18 Å². The summed E-state index contributed by atoms with van der Waals surface area (Å²) in [4.78, 5) is 0. The fourth-order valence-corrected chi connectivity index (χ4v) is 1.42. The summed E-state index contributed by atoms with van der Waals surface area (Å²) < 4.78 is 42.7. The number of hydrogen-bond donors (Lipinski definition) is 1. The molecule has 2 aromatic rings. The molecule has 1 heterocycles. The van der Waals surface area contributed by atoms with Gasteiger partial charge in [0.25, 0.3) is 0 Å². The average Bonchev–Trinajstić information content (AvgIpc) is 2.78. The van der Waals surface area contributed by atoms with Crippen LogP contribution in [0, 0.1) is 6.20 Å². The Morgan fingerprint density at radius 1 is 1.24 bits per heavy atom. The lowest BCUT2D eigenvalue weighted by molar-refractivity contribution is -0.140. The van der Waals surface area contributed by atoms with Crippen molar-refractivity contribution in [2.24, 2.45) is 0 Å². The van der Waals surface area contributed by atoms with Crippen LogP contribution in [0.5, 0.6) is 5.75 Å². The first kappa shape index (κ1) is 11.5. The van der Waals surface area contributed by atoms with Gasteiger partial charge in [0.15, 0.2) is 0 Å². The van der Waals surface area contributed by atoms with Crippen LogP contribution in [0.25, 0.3) is 11.1 Å². The van der Waals surface area contributed by atoms with E-state index < -0.39 is 11.9 Å². The first-order valence-electron chi connectivity index (χ1n) is 4.70. The van der Waals surface area contributed by atoms with E-state index in [4.69, 9.17) is 4.74 Å². The van der Waals surface area contributed by atoms with Crippen LogP contribution in [-0.4, -0.2) is 17.3 Å². The second kappa shape index (κ2) is 4.12. The summed E-state index contributed by atoms with van der Waals surface area (Å²) in [5.74, 6) is 0.575. The smallest absolute Gasteiger partial charge is 0.433 e. The molecule has 1 aromatic carbocycles. The van der Waals surface area contributed by atoms with Crippen molar-refractivity contribution in [1.29, 1.82) is 0 Å². The normalized spacial score (nSPS) is 11.5. The van der Waals surface area contributed by atoms with E-state index >= 15 is 0 Å². The predicted octanol–water partition coefficient (Wildman–Crippen LogP) is 2.90. The molecule has 2 rings (SSSR count). The molecule has 89 valence electrons. The second-order valence-electron chi connectivity index (χ2n) is 3.31. The van der Waals surface area contributed by atoms with E-state index in [1.807, 2.05) is 5.10 Å². The number of aromatic nitrogens is 2. The van der Waals surface area contributed by atoms with Gasteiger partial charge in [-0.1, -0.05) is 12.1 Å². The van der Waals surface area contributed by atoms with Crippen LogP contribution in [-0.2, 0) is 6.18 Å². The van der Waals surface area contributed by atoms with Crippen LogP contribution < -0.4 is 4.74 Å². The number of nitrogens with one attached hydrogen (secondary N) is 1. The van der Waals surface area contributed by atoms with Crippen molar-refractivity contribution in [3.05, 3.63) is 36.2 Å². The molecule has 0 saturated carbocycles. The molecule has 0 bridgehead atoms. The lowest BCUT2D eigenvalue weighted by Gasteiger charge is -2.07. The van der Waals surface area contributed by atoms with E-state index in [0.29, 0.717) is 11.3 Å². The lowest BCUT2D eigenvalue weighted by Crippen LogP contribution is -2.07. The topological polar surface area (TPSA) is 37.9 Å². The molecule has 0 fully saturated rings. The lowest BCUT2D eigenvalue weighted by atomic mass is 10.1. The molecule has 17 heavy (non-hydrogen) atoms. The highest BCUT2D eigenvalue weighted by Gasteiger charge is 2.36. The van der Waals surface area contributed by atoms with Gasteiger partial charge in [-0.15, -0.1) is 0 Å². The van der Waals surface area contributed by atoms with Crippen LogP contribution in [0.4, 0.5) is 13.2 Å². The van der Waals surface area contributed by atoms with Gasteiger partial charge in [0, 0.05) is 5.56 Å².